The van der Waals surface area contributed by atoms with Crippen LogP contribution in [0.1, 0.15) is 39.5 Å². The Morgan fingerprint density at radius 2 is 2.10 bits per heavy atom. The van der Waals surface area contributed by atoms with Crippen LogP contribution in [0.15, 0.2) is 24.8 Å². The molecule has 1 rings (SSSR count). The quantitative estimate of drug-likeness (QED) is 0.411. The highest BCUT2D eigenvalue weighted by Crippen LogP contribution is 2.12. The highest BCUT2D eigenvalue weighted by Gasteiger charge is 2.17. The van der Waals surface area contributed by atoms with Gasteiger partial charge in [-0.25, -0.2) is 9.59 Å². The molecule has 0 bridgehead atoms. The van der Waals surface area contributed by atoms with Crippen LogP contribution in [0.4, 0.5) is 0 Å². The van der Waals surface area contributed by atoms with Gasteiger partial charge >= 0.3 is 11.9 Å². The second-order valence-electron chi connectivity index (χ2n) is 4.74. The molecule has 1 heterocycles. The lowest BCUT2D eigenvalue weighted by Gasteiger charge is -2.09. The Hall–Kier alpha value is -1.62. The van der Waals surface area contributed by atoms with Gasteiger partial charge < -0.3 is 14.2 Å². The highest BCUT2D eigenvalue weighted by molar-refractivity contribution is 5.86. The zero-order valence-electron chi connectivity index (χ0n) is 13.1. The van der Waals surface area contributed by atoms with Gasteiger partial charge in [0.2, 0.25) is 0 Å². The minimum absolute atomic E-state index is 0.105. The van der Waals surface area contributed by atoms with Gasteiger partial charge in [0, 0.05) is 18.3 Å². The Kier molecular flexibility index (Phi) is 11.2. The molecule has 0 aliphatic carbocycles. The van der Waals surface area contributed by atoms with Gasteiger partial charge in [0.25, 0.3) is 0 Å². The molecule has 0 amide bonds. The van der Waals surface area contributed by atoms with Crippen molar-refractivity contribution in [2.75, 3.05) is 19.8 Å². The molecule has 0 aromatic heterocycles. The predicted octanol–water partition coefficient (Wildman–Crippen LogP) is 2.80. The topological polar surface area (TPSA) is 61.8 Å². The van der Waals surface area contributed by atoms with Crippen molar-refractivity contribution in [1.82, 2.24) is 0 Å². The fraction of sp³-hybridized carbons (Fsp3) is 0.625. The van der Waals surface area contributed by atoms with Crippen molar-refractivity contribution in [3.8, 4) is 0 Å². The summed E-state index contributed by atoms with van der Waals surface area (Å²) in [5, 5.41) is 0. The molecular weight excluding hydrogens is 272 g/mol. The molecule has 0 aromatic carbocycles. The summed E-state index contributed by atoms with van der Waals surface area (Å²) >= 11 is 0. The van der Waals surface area contributed by atoms with Crippen molar-refractivity contribution in [2.24, 2.45) is 0 Å². The van der Waals surface area contributed by atoms with Gasteiger partial charge in [-0.3, -0.25) is 0 Å². The predicted molar refractivity (Wildman–Crippen MR) is 80.8 cm³/mol. The van der Waals surface area contributed by atoms with E-state index in [0.29, 0.717) is 18.8 Å². The molecule has 1 unspecified atom stereocenters. The maximum Gasteiger partial charge on any atom is 0.333 e. The number of ether oxygens (including phenoxy) is 3. The molecule has 1 aliphatic rings. The van der Waals surface area contributed by atoms with Crippen molar-refractivity contribution in [1.29, 1.82) is 0 Å². The van der Waals surface area contributed by atoms with E-state index in [4.69, 9.17) is 9.47 Å². The number of hydrogen-bond donors (Lipinski definition) is 0. The first-order chi connectivity index (χ1) is 10.0. The zero-order valence-corrected chi connectivity index (χ0v) is 13.1. The number of carbonyl (C=O) groups excluding carboxylic acids is 2. The molecule has 1 aliphatic heterocycles. The Morgan fingerprint density at radius 3 is 2.57 bits per heavy atom. The number of rotatable bonds is 7. The normalized spacial score (nSPS) is 16.4. The van der Waals surface area contributed by atoms with Gasteiger partial charge in [0.1, 0.15) is 6.61 Å². The van der Waals surface area contributed by atoms with Gasteiger partial charge in [-0.2, -0.15) is 0 Å². The SMILES string of the molecule is C=C(C)C(=O)OCC1CCCO1.C=CC(=O)OCCCC. The molecule has 1 fully saturated rings. The number of carbonyl (C=O) groups is 2. The van der Waals surface area contributed by atoms with Crippen LogP contribution in [-0.4, -0.2) is 37.9 Å². The van der Waals surface area contributed by atoms with Crippen LogP contribution in [0.5, 0.6) is 0 Å². The average molecular weight is 298 g/mol. The second-order valence-corrected chi connectivity index (χ2v) is 4.74. The van der Waals surface area contributed by atoms with Crippen LogP contribution in [0.3, 0.4) is 0 Å². The van der Waals surface area contributed by atoms with E-state index in [1.807, 2.05) is 6.92 Å². The number of hydrogen-bond acceptors (Lipinski definition) is 5. The first-order valence-electron chi connectivity index (χ1n) is 7.24. The zero-order chi connectivity index (χ0) is 16.1. The number of unbranched alkanes of at least 4 members (excludes halogenated alkanes) is 1. The fourth-order valence-electron chi connectivity index (χ4n) is 1.44. The summed E-state index contributed by atoms with van der Waals surface area (Å²) in [6.45, 7) is 12.1. The molecule has 0 N–H and O–H groups in total. The van der Waals surface area contributed by atoms with E-state index in [-0.39, 0.29) is 18.0 Å². The summed E-state index contributed by atoms with van der Waals surface area (Å²) in [4.78, 5) is 21.3. The average Bonchev–Trinajstić information content (AvgIpc) is 2.98. The Labute approximate surface area is 126 Å². The molecule has 5 heteroatoms. The summed E-state index contributed by atoms with van der Waals surface area (Å²) in [7, 11) is 0. The highest BCUT2D eigenvalue weighted by atomic mass is 16.6. The van der Waals surface area contributed by atoms with Crippen LogP contribution in [0.25, 0.3) is 0 Å². The molecule has 1 saturated heterocycles. The van der Waals surface area contributed by atoms with Gasteiger partial charge in [0.15, 0.2) is 0 Å². The van der Waals surface area contributed by atoms with Gasteiger partial charge in [-0.15, -0.1) is 0 Å². The van der Waals surface area contributed by atoms with Crippen molar-refractivity contribution < 1.29 is 23.8 Å². The summed E-state index contributed by atoms with van der Waals surface area (Å²) in [5.74, 6) is -0.658. The third-order valence-corrected chi connectivity index (χ3v) is 2.68. The van der Waals surface area contributed by atoms with Crippen molar-refractivity contribution >= 4 is 11.9 Å². The van der Waals surface area contributed by atoms with Crippen LogP contribution in [-0.2, 0) is 23.8 Å². The Morgan fingerprint density at radius 1 is 1.38 bits per heavy atom. The lowest BCUT2D eigenvalue weighted by Crippen LogP contribution is -2.17. The maximum absolute atomic E-state index is 10.9. The van der Waals surface area contributed by atoms with Crippen molar-refractivity contribution in [3.63, 3.8) is 0 Å². The third kappa shape index (κ3) is 10.8. The lowest BCUT2D eigenvalue weighted by atomic mass is 10.2. The van der Waals surface area contributed by atoms with Crippen LogP contribution in [0, 0.1) is 0 Å². The van der Waals surface area contributed by atoms with E-state index >= 15 is 0 Å². The molecule has 0 aromatic rings. The van der Waals surface area contributed by atoms with Crippen LogP contribution < -0.4 is 0 Å². The molecule has 0 saturated carbocycles. The summed E-state index contributed by atoms with van der Waals surface area (Å²) in [6, 6.07) is 0. The second kappa shape index (κ2) is 12.1. The third-order valence-electron chi connectivity index (χ3n) is 2.68. The standard InChI is InChI=1S/C9H14O3.C7H12O2/c1-7(2)9(10)12-6-8-4-3-5-11-8;1-3-5-6-9-7(8)4-2/h8H,1,3-6H2,2H3;4H,2-3,5-6H2,1H3. The van der Waals surface area contributed by atoms with Crippen molar-refractivity contribution in [3.05, 3.63) is 24.8 Å². The van der Waals surface area contributed by atoms with Gasteiger partial charge in [-0.05, 0) is 26.2 Å². The van der Waals surface area contributed by atoms with Gasteiger partial charge in [0.05, 0.1) is 12.7 Å². The summed E-state index contributed by atoms with van der Waals surface area (Å²) in [6.07, 6.45) is 5.31. The van der Waals surface area contributed by atoms with E-state index in [1.165, 1.54) is 6.08 Å². The molecule has 1 atom stereocenters. The molecule has 0 radical (unpaired) electrons. The largest absolute Gasteiger partial charge is 0.463 e. The van der Waals surface area contributed by atoms with E-state index in [1.54, 1.807) is 6.92 Å². The van der Waals surface area contributed by atoms with E-state index in [9.17, 15) is 9.59 Å². The maximum atomic E-state index is 10.9. The van der Waals surface area contributed by atoms with Crippen molar-refractivity contribution in [2.45, 2.75) is 45.6 Å². The lowest BCUT2D eigenvalue weighted by molar-refractivity contribution is -0.142. The smallest absolute Gasteiger partial charge is 0.333 e. The summed E-state index contributed by atoms with van der Waals surface area (Å²) < 4.78 is 14.9. The summed E-state index contributed by atoms with van der Waals surface area (Å²) in [5.41, 5.74) is 0.438. The number of esters is 2. The van der Waals surface area contributed by atoms with Gasteiger partial charge in [-0.1, -0.05) is 26.5 Å². The molecule has 5 nitrogen and oxygen atoms in total. The monoisotopic (exact) mass is 298 g/mol. The van der Waals surface area contributed by atoms with Crippen LogP contribution in [0.2, 0.25) is 0 Å². The molecule has 21 heavy (non-hydrogen) atoms. The molecular formula is C16H26O5. The Balaban J connectivity index is 0.000000400. The van der Waals surface area contributed by atoms with E-state index in [0.717, 1.165) is 32.3 Å². The fourth-order valence-corrected chi connectivity index (χ4v) is 1.44. The molecule has 0 spiro atoms. The first-order valence-corrected chi connectivity index (χ1v) is 7.24. The molecule has 120 valence electrons. The van der Waals surface area contributed by atoms with Crippen LogP contribution >= 0.6 is 0 Å². The minimum Gasteiger partial charge on any atom is -0.463 e. The Bertz CT molecular complexity index is 343. The first kappa shape index (κ1) is 19.4. The van der Waals surface area contributed by atoms with E-state index < -0.39 is 0 Å². The van der Waals surface area contributed by atoms with E-state index in [2.05, 4.69) is 17.9 Å². The minimum atomic E-state index is -0.330.